The molecule has 2 aliphatic heterocycles. The molecule has 2 saturated heterocycles. The van der Waals surface area contributed by atoms with Crippen LogP contribution in [0.25, 0.3) is 0 Å². The first-order valence-corrected chi connectivity index (χ1v) is 8.28. The number of hydrogen-bond donors (Lipinski definition) is 1. The molecule has 1 amide bonds. The normalized spacial score (nSPS) is 20.8. The van der Waals surface area contributed by atoms with Gasteiger partial charge >= 0.3 is 0 Å². The zero-order chi connectivity index (χ0) is 14.2. The maximum absolute atomic E-state index is 12.1. The van der Waals surface area contributed by atoms with Crippen LogP contribution in [0.5, 0.6) is 0 Å². The van der Waals surface area contributed by atoms with Gasteiger partial charge < -0.3 is 15.0 Å². The fourth-order valence-electron chi connectivity index (χ4n) is 3.22. The highest BCUT2D eigenvalue weighted by Crippen LogP contribution is 2.20. The van der Waals surface area contributed by atoms with Crippen LogP contribution >= 0.6 is 12.4 Å². The molecule has 1 N–H and O–H groups in total. The van der Waals surface area contributed by atoms with Crippen molar-refractivity contribution >= 4 is 18.3 Å². The van der Waals surface area contributed by atoms with Crippen molar-refractivity contribution < 1.29 is 9.53 Å². The van der Waals surface area contributed by atoms with Crippen molar-refractivity contribution in [1.29, 1.82) is 0 Å². The summed E-state index contributed by atoms with van der Waals surface area (Å²) in [7, 11) is 1.96. The average Bonchev–Trinajstić information content (AvgIpc) is 2.52. The van der Waals surface area contributed by atoms with Gasteiger partial charge in [-0.3, -0.25) is 4.79 Å². The Kier molecular flexibility index (Phi) is 9.29. The van der Waals surface area contributed by atoms with Gasteiger partial charge in [-0.1, -0.05) is 0 Å². The Bertz CT molecular complexity index is 290. The summed E-state index contributed by atoms with van der Waals surface area (Å²) in [5.74, 6) is 1.84. The van der Waals surface area contributed by atoms with E-state index in [1.807, 2.05) is 11.9 Å². The standard InChI is InChI=1S/C16H30N2O2.ClH/c1-18(11-6-15-7-12-20-13-8-15)16(19)3-2-14-4-9-17-10-5-14;/h14-15,17H,2-13H2,1H3;1H. The Morgan fingerprint density at radius 1 is 1.10 bits per heavy atom. The summed E-state index contributed by atoms with van der Waals surface area (Å²) in [6.45, 7) is 4.96. The largest absolute Gasteiger partial charge is 0.381 e. The molecule has 0 unspecified atom stereocenters. The van der Waals surface area contributed by atoms with Crippen LogP contribution in [0.3, 0.4) is 0 Å². The van der Waals surface area contributed by atoms with Gasteiger partial charge in [0, 0.05) is 33.2 Å². The quantitative estimate of drug-likeness (QED) is 0.818. The van der Waals surface area contributed by atoms with E-state index in [9.17, 15) is 4.79 Å². The molecule has 2 rings (SSSR count). The SMILES string of the molecule is CN(CCC1CCOCC1)C(=O)CCC1CCNCC1.Cl. The Balaban J connectivity index is 0.00000220. The van der Waals surface area contributed by atoms with Crippen molar-refractivity contribution in [3.8, 4) is 0 Å². The summed E-state index contributed by atoms with van der Waals surface area (Å²) in [5.41, 5.74) is 0. The van der Waals surface area contributed by atoms with Crippen LogP contribution in [0.1, 0.15) is 44.9 Å². The number of nitrogens with one attached hydrogen (secondary N) is 1. The molecule has 0 aliphatic carbocycles. The van der Waals surface area contributed by atoms with E-state index in [1.165, 1.54) is 12.8 Å². The Morgan fingerprint density at radius 3 is 2.38 bits per heavy atom. The highest BCUT2D eigenvalue weighted by atomic mass is 35.5. The summed E-state index contributed by atoms with van der Waals surface area (Å²) < 4.78 is 5.37. The molecule has 0 aromatic heterocycles. The summed E-state index contributed by atoms with van der Waals surface area (Å²) >= 11 is 0. The van der Waals surface area contributed by atoms with E-state index in [4.69, 9.17) is 4.74 Å². The summed E-state index contributed by atoms with van der Waals surface area (Å²) in [4.78, 5) is 14.1. The zero-order valence-corrected chi connectivity index (χ0v) is 14.1. The first kappa shape index (κ1) is 18.7. The fraction of sp³-hybridized carbons (Fsp3) is 0.938. The number of piperidine rings is 1. The van der Waals surface area contributed by atoms with Crippen LogP contribution in [0, 0.1) is 11.8 Å². The lowest BCUT2D eigenvalue weighted by atomic mass is 9.93. The second kappa shape index (κ2) is 10.4. The maximum atomic E-state index is 12.1. The van der Waals surface area contributed by atoms with Crippen LogP contribution < -0.4 is 5.32 Å². The van der Waals surface area contributed by atoms with Crippen molar-refractivity contribution in [3.63, 3.8) is 0 Å². The second-order valence-electron chi connectivity index (χ2n) is 6.39. The van der Waals surface area contributed by atoms with E-state index < -0.39 is 0 Å². The lowest BCUT2D eigenvalue weighted by Crippen LogP contribution is -2.31. The predicted octanol–water partition coefficient (Wildman–Crippen LogP) is 2.46. The van der Waals surface area contributed by atoms with E-state index >= 15 is 0 Å². The maximum Gasteiger partial charge on any atom is 0.222 e. The molecule has 0 saturated carbocycles. The molecule has 0 radical (unpaired) electrons. The zero-order valence-electron chi connectivity index (χ0n) is 13.3. The van der Waals surface area contributed by atoms with Crippen LogP contribution in [0.4, 0.5) is 0 Å². The van der Waals surface area contributed by atoms with Gasteiger partial charge in [-0.15, -0.1) is 12.4 Å². The number of halogens is 1. The van der Waals surface area contributed by atoms with Gasteiger partial charge in [-0.05, 0) is 63.5 Å². The van der Waals surface area contributed by atoms with E-state index in [2.05, 4.69) is 5.32 Å². The van der Waals surface area contributed by atoms with Crippen LogP contribution in [-0.4, -0.2) is 50.7 Å². The molecular weight excluding hydrogens is 288 g/mol. The van der Waals surface area contributed by atoms with Gasteiger partial charge in [-0.25, -0.2) is 0 Å². The topological polar surface area (TPSA) is 41.6 Å². The van der Waals surface area contributed by atoms with Gasteiger partial charge in [0.2, 0.25) is 5.91 Å². The number of amides is 1. The molecule has 0 aromatic carbocycles. The van der Waals surface area contributed by atoms with Crippen molar-refractivity contribution in [1.82, 2.24) is 10.2 Å². The van der Waals surface area contributed by atoms with Gasteiger partial charge in [0.1, 0.15) is 0 Å². The van der Waals surface area contributed by atoms with E-state index in [0.29, 0.717) is 5.91 Å². The van der Waals surface area contributed by atoms with E-state index in [-0.39, 0.29) is 12.4 Å². The highest BCUT2D eigenvalue weighted by Gasteiger charge is 2.18. The third kappa shape index (κ3) is 6.98. The fourth-order valence-corrected chi connectivity index (χ4v) is 3.22. The van der Waals surface area contributed by atoms with Crippen molar-refractivity contribution in [2.45, 2.75) is 44.9 Å². The van der Waals surface area contributed by atoms with Gasteiger partial charge in [0.15, 0.2) is 0 Å². The number of hydrogen-bond acceptors (Lipinski definition) is 3. The minimum absolute atomic E-state index is 0. The third-order valence-corrected chi connectivity index (χ3v) is 4.86. The first-order chi connectivity index (χ1) is 9.75. The predicted molar refractivity (Wildman–Crippen MR) is 87.9 cm³/mol. The van der Waals surface area contributed by atoms with Crippen molar-refractivity contribution in [2.75, 3.05) is 39.9 Å². The molecule has 0 spiro atoms. The first-order valence-electron chi connectivity index (χ1n) is 8.28. The highest BCUT2D eigenvalue weighted by molar-refractivity contribution is 5.85. The number of carbonyl (C=O) groups is 1. The number of ether oxygens (including phenoxy) is 1. The molecule has 2 fully saturated rings. The van der Waals surface area contributed by atoms with Crippen molar-refractivity contribution in [2.24, 2.45) is 11.8 Å². The minimum Gasteiger partial charge on any atom is -0.381 e. The number of nitrogens with zero attached hydrogens (tertiary/aromatic N) is 1. The van der Waals surface area contributed by atoms with Crippen LogP contribution in [-0.2, 0) is 9.53 Å². The molecular formula is C16H31ClN2O2. The van der Waals surface area contributed by atoms with Gasteiger partial charge in [0.05, 0.1) is 0 Å². The van der Waals surface area contributed by atoms with E-state index in [1.54, 1.807) is 0 Å². The molecule has 0 bridgehead atoms. The van der Waals surface area contributed by atoms with Crippen LogP contribution in [0.15, 0.2) is 0 Å². The number of rotatable bonds is 6. The Hall–Kier alpha value is -0.320. The molecule has 4 nitrogen and oxygen atoms in total. The summed E-state index contributed by atoms with van der Waals surface area (Å²) in [6, 6.07) is 0. The second-order valence-corrected chi connectivity index (χ2v) is 6.39. The van der Waals surface area contributed by atoms with Gasteiger partial charge in [0.25, 0.3) is 0 Å². The molecule has 124 valence electrons. The monoisotopic (exact) mass is 318 g/mol. The lowest BCUT2D eigenvalue weighted by molar-refractivity contribution is -0.130. The van der Waals surface area contributed by atoms with E-state index in [0.717, 1.165) is 76.8 Å². The molecule has 2 aliphatic rings. The van der Waals surface area contributed by atoms with Crippen LogP contribution in [0.2, 0.25) is 0 Å². The van der Waals surface area contributed by atoms with Crippen molar-refractivity contribution in [3.05, 3.63) is 0 Å². The summed E-state index contributed by atoms with van der Waals surface area (Å²) in [6.07, 6.45) is 7.74. The Morgan fingerprint density at radius 2 is 1.71 bits per heavy atom. The molecule has 2 heterocycles. The third-order valence-electron chi connectivity index (χ3n) is 4.86. The Labute approximate surface area is 135 Å². The average molecular weight is 319 g/mol. The molecule has 0 aromatic rings. The minimum atomic E-state index is 0. The molecule has 0 atom stereocenters. The van der Waals surface area contributed by atoms with Gasteiger partial charge in [-0.2, -0.15) is 0 Å². The molecule has 21 heavy (non-hydrogen) atoms. The molecule has 5 heteroatoms. The smallest absolute Gasteiger partial charge is 0.222 e. The number of carbonyl (C=O) groups excluding carboxylic acids is 1. The summed E-state index contributed by atoms with van der Waals surface area (Å²) in [5, 5.41) is 3.38. The lowest BCUT2D eigenvalue weighted by Gasteiger charge is -2.26.